The van der Waals surface area contributed by atoms with Crippen molar-refractivity contribution >= 4 is 33.8 Å². The zero-order valence-corrected chi connectivity index (χ0v) is 12.8. The van der Waals surface area contributed by atoms with E-state index in [-0.39, 0.29) is 16.7 Å². The van der Waals surface area contributed by atoms with E-state index in [1.165, 1.54) is 17.4 Å². The van der Waals surface area contributed by atoms with Gasteiger partial charge < -0.3 is 10.0 Å². The number of anilines is 1. The highest BCUT2D eigenvalue weighted by molar-refractivity contribution is 8.00. The monoisotopic (exact) mass is 302 g/mol. The van der Waals surface area contributed by atoms with E-state index in [1.807, 2.05) is 11.8 Å². The summed E-state index contributed by atoms with van der Waals surface area (Å²) in [4.78, 5) is 13.6. The van der Waals surface area contributed by atoms with Gasteiger partial charge in [0.1, 0.15) is 0 Å². The van der Waals surface area contributed by atoms with Gasteiger partial charge in [0.25, 0.3) is 0 Å². The van der Waals surface area contributed by atoms with E-state index in [2.05, 4.69) is 18.7 Å². The number of aliphatic hydroxyl groups excluding tert-OH is 1. The molecular formula is C12H18N2O3S2. The van der Waals surface area contributed by atoms with Gasteiger partial charge in [0.15, 0.2) is 5.00 Å². The van der Waals surface area contributed by atoms with Crippen LogP contribution < -0.4 is 4.90 Å². The van der Waals surface area contributed by atoms with Crippen LogP contribution in [0.3, 0.4) is 0 Å². The molecule has 106 valence electrons. The smallest absolute Gasteiger partial charge is 0.304 e. The Kier molecular flexibility index (Phi) is 4.37. The van der Waals surface area contributed by atoms with Crippen molar-refractivity contribution in [1.29, 1.82) is 0 Å². The summed E-state index contributed by atoms with van der Waals surface area (Å²) in [6, 6.07) is 1.77. The van der Waals surface area contributed by atoms with Crippen molar-refractivity contribution < 1.29 is 10.0 Å². The topological polar surface area (TPSA) is 66.6 Å². The number of aliphatic hydroxyl groups is 1. The van der Waals surface area contributed by atoms with Crippen LogP contribution in [0.5, 0.6) is 0 Å². The predicted octanol–water partition coefficient (Wildman–Crippen LogP) is 3.04. The summed E-state index contributed by atoms with van der Waals surface area (Å²) >= 11 is 3.23. The highest BCUT2D eigenvalue weighted by atomic mass is 32.2. The molecule has 0 amide bonds. The second kappa shape index (κ2) is 5.68. The summed E-state index contributed by atoms with van der Waals surface area (Å²) < 4.78 is 0. The van der Waals surface area contributed by atoms with Gasteiger partial charge in [-0.15, -0.1) is 11.3 Å². The molecule has 2 unspecified atom stereocenters. The maximum absolute atomic E-state index is 11.2. The lowest BCUT2D eigenvalue weighted by atomic mass is 10.2. The van der Waals surface area contributed by atoms with Crippen LogP contribution in [0.2, 0.25) is 0 Å². The molecule has 2 heterocycles. The Hall–Kier alpha value is -0.790. The van der Waals surface area contributed by atoms with Gasteiger partial charge in [-0.2, -0.15) is 11.8 Å². The number of thioether (sulfide) groups is 1. The van der Waals surface area contributed by atoms with E-state index in [4.69, 9.17) is 0 Å². The Balaban J connectivity index is 2.39. The van der Waals surface area contributed by atoms with Crippen molar-refractivity contribution in [2.75, 3.05) is 17.2 Å². The van der Waals surface area contributed by atoms with Crippen LogP contribution in [0.1, 0.15) is 31.8 Å². The molecule has 0 bridgehead atoms. The summed E-state index contributed by atoms with van der Waals surface area (Å²) in [5.74, 6) is 0.977. The molecule has 0 saturated carbocycles. The molecule has 1 fully saturated rings. The minimum absolute atomic E-state index is 0.117. The largest absolute Gasteiger partial charge is 0.388 e. The standard InChI is InChI=1S/C12H18N2O3S2/c1-7-9(3)18-5-4-13(7)12-10(14(16)17)6-11(19-12)8(2)15/h6-9,15H,4-5H2,1-3H3/t7?,8-,9?/m0/s1. The molecule has 1 aliphatic rings. The number of thiophene rings is 1. The molecule has 1 aromatic heterocycles. The van der Waals surface area contributed by atoms with Gasteiger partial charge in [0, 0.05) is 34.5 Å². The SMILES string of the molecule is CC1SCCN(c2sc([C@H](C)O)cc2[N+](=O)[O-])C1C. The quantitative estimate of drug-likeness (QED) is 0.686. The average molecular weight is 302 g/mol. The minimum atomic E-state index is -0.663. The highest BCUT2D eigenvalue weighted by Crippen LogP contribution is 2.43. The van der Waals surface area contributed by atoms with E-state index in [0.717, 1.165) is 12.3 Å². The Morgan fingerprint density at radius 2 is 2.26 bits per heavy atom. The van der Waals surface area contributed by atoms with Crippen molar-refractivity contribution in [1.82, 2.24) is 0 Å². The molecule has 1 saturated heterocycles. The van der Waals surface area contributed by atoms with Gasteiger partial charge in [0.2, 0.25) is 0 Å². The second-order valence-electron chi connectivity index (χ2n) is 4.78. The highest BCUT2D eigenvalue weighted by Gasteiger charge is 2.32. The molecule has 1 aliphatic heterocycles. The third-order valence-electron chi connectivity index (χ3n) is 3.47. The van der Waals surface area contributed by atoms with Gasteiger partial charge in [-0.25, -0.2) is 0 Å². The molecule has 5 nitrogen and oxygen atoms in total. The molecule has 7 heteroatoms. The fraction of sp³-hybridized carbons (Fsp3) is 0.667. The van der Waals surface area contributed by atoms with Gasteiger partial charge in [-0.05, 0) is 13.8 Å². The van der Waals surface area contributed by atoms with Gasteiger partial charge in [-0.3, -0.25) is 10.1 Å². The van der Waals surface area contributed by atoms with Crippen LogP contribution in [0.15, 0.2) is 6.07 Å². The van der Waals surface area contributed by atoms with Crippen molar-refractivity contribution in [2.45, 2.75) is 38.2 Å². The van der Waals surface area contributed by atoms with E-state index in [9.17, 15) is 15.2 Å². The molecular weight excluding hydrogens is 284 g/mol. The molecule has 1 aromatic rings. The number of hydrogen-bond acceptors (Lipinski definition) is 6. The van der Waals surface area contributed by atoms with Crippen molar-refractivity contribution in [3.8, 4) is 0 Å². The van der Waals surface area contributed by atoms with Crippen LogP contribution in [-0.4, -0.2) is 33.6 Å². The van der Waals surface area contributed by atoms with E-state index < -0.39 is 6.10 Å². The van der Waals surface area contributed by atoms with Gasteiger partial charge >= 0.3 is 5.69 Å². The third-order valence-corrected chi connectivity index (χ3v) is 6.14. The Bertz CT molecular complexity index is 476. The van der Waals surface area contributed by atoms with Crippen molar-refractivity contribution in [3.63, 3.8) is 0 Å². The molecule has 2 rings (SSSR count). The molecule has 3 atom stereocenters. The average Bonchev–Trinajstić information content (AvgIpc) is 2.77. The maximum Gasteiger partial charge on any atom is 0.304 e. The van der Waals surface area contributed by atoms with Gasteiger partial charge in [0.05, 0.1) is 11.0 Å². The third kappa shape index (κ3) is 2.88. The summed E-state index contributed by atoms with van der Waals surface area (Å²) in [5, 5.41) is 21.9. The first-order valence-corrected chi connectivity index (χ1v) is 8.12. The summed E-state index contributed by atoms with van der Waals surface area (Å²) in [5.41, 5.74) is 0.117. The lowest BCUT2D eigenvalue weighted by Gasteiger charge is -2.37. The first-order chi connectivity index (χ1) is 8.91. The van der Waals surface area contributed by atoms with E-state index in [1.54, 1.807) is 6.92 Å². The number of rotatable bonds is 3. The first kappa shape index (κ1) is 14.6. The molecule has 0 radical (unpaired) electrons. The van der Waals surface area contributed by atoms with Crippen LogP contribution in [0.25, 0.3) is 0 Å². The fourth-order valence-electron chi connectivity index (χ4n) is 2.15. The van der Waals surface area contributed by atoms with Crippen LogP contribution >= 0.6 is 23.1 Å². The zero-order chi connectivity index (χ0) is 14.2. The summed E-state index contributed by atoms with van der Waals surface area (Å²) in [6.45, 7) is 6.70. The van der Waals surface area contributed by atoms with E-state index in [0.29, 0.717) is 15.1 Å². The molecule has 0 aromatic carbocycles. The maximum atomic E-state index is 11.2. The first-order valence-electron chi connectivity index (χ1n) is 6.26. The molecule has 19 heavy (non-hydrogen) atoms. The number of hydrogen-bond donors (Lipinski definition) is 1. The number of nitro groups is 1. The minimum Gasteiger partial charge on any atom is -0.388 e. The normalized spacial score (nSPS) is 25.4. The van der Waals surface area contributed by atoms with Crippen LogP contribution in [0, 0.1) is 10.1 Å². The predicted molar refractivity (Wildman–Crippen MR) is 80.3 cm³/mol. The lowest BCUT2D eigenvalue weighted by Crippen LogP contribution is -2.44. The molecule has 0 aliphatic carbocycles. The van der Waals surface area contributed by atoms with Gasteiger partial charge in [-0.1, -0.05) is 6.92 Å². The number of nitrogens with zero attached hydrogens (tertiary/aromatic N) is 2. The lowest BCUT2D eigenvalue weighted by molar-refractivity contribution is -0.383. The van der Waals surface area contributed by atoms with Crippen LogP contribution in [-0.2, 0) is 0 Å². The Morgan fingerprint density at radius 1 is 1.58 bits per heavy atom. The fourth-order valence-corrected chi connectivity index (χ4v) is 4.43. The van der Waals surface area contributed by atoms with Crippen LogP contribution in [0.4, 0.5) is 10.7 Å². The molecule has 1 N–H and O–H groups in total. The Labute approximate surface area is 120 Å². The summed E-state index contributed by atoms with van der Waals surface area (Å²) in [7, 11) is 0. The summed E-state index contributed by atoms with van der Waals surface area (Å²) in [6.07, 6.45) is -0.663. The van der Waals surface area contributed by atoms with Crippen molar-refractivity contribution in [2.24, 2.45) is 0 Å². The molecule has 0 spiro atoms. The Morgan fingerprint density at radius 3 is 2.84 bits per heavy atom. The van der Waals surface area contributed by atoms with E-state index >= 15 is 0 Å². The second-order valence-corrected chi connectivity index (χ2v) is 7.33. The van der Waals surface area contributed by atoms with Crippen molar-refractivity contribution in [3.05, 3.63) is 21.1 Å². The zero-order valence-electron chi connectivity index (χ0n) is 11.2.